The number of aliphatic carboxylic acids is 1. The third-order valence-corrected chi connectivity index (χ3v) is 10.9. The molecule has 4 heterocycles. The van der Waals surface area contributed by atoms with Crippen molar-refractivity contribution in [1.82, 2.24) is 16.0 Å². The topological polar surface area (TPSA) is 464 Å². The molecule has 3 amide bonds. The normalized spacial score (nSPS) is 41.9. The fourth-order valence-corrected chi connectivity index (χ4v) is 7.51. The lowest BCUT2D eigenvalue weighted by Crippen LogP contribution is -2.70. The minimum absolute atomic E-state index is 0.276. The predicted octanol–water partition coefficient (Wildman–Crippen LogP) is -12.5. The zero-order chi connectivity index (χ0) is 47.8. The van der Waals surface area contributed by atoms with Gasteiger partial charge in [0.15, 0.2) is 18.9 Å². The van der Waals surface area contributed by atoms with Crippen LogP contribution < -0.4 is 21.1 Å². The molecule has 4 aliphatic heterocycles. The third kappa shape index (κ3) is 12.3. The summed E-state index contributed by atoms with van der Waals surface area (Å²) in [4.78, 5) is 47.5. The summed E-state index contributed by atoms with van der Waals surface area (Å²) in [5.74, 6) is -6.88. The van der Waals surface area contributed by atoms with Gasteiger partial charge < -0.3 is 130 Å². The van der Waals surface area contributed by atoms with Gasteiger partial charge in [0, 0.05) is 20.3 Å². The number of nitrogens with one attached hydrogen (secondary N) is 3. The molecule has 0 aromatic carbocycles. The molecule has 22 atom stereocenters. The standard InChI is InChI=1S/C35H59N3O26/c1-11(44)37-19-14(46)3-35(34(55)56,64-29(19)21(48)15(47)5-40)58-9-18-22(49)24(51)20(38-12(2)45)31(61-18)63-30-23(50)16(6-41)59-33(27(30)54)62-28-17(7-42)60-32(26(53)25(28)52)57-8-13(4-39)36-10-43/h10,13-33,39-42,46-54H,3-9H2,1-2H3,(H,36,43)(H,37,44)(H,38,45)(H,55,56)/p-1/t13-,14+,15-,16-,17-,18-,19-,20-,21-,22-,23+,24-,25-,26-,27-,28-,29-,30+,31+,32-,33+,35-/m1/s1. The van der Waals surface area contributed by atoms with Crippen molar-refractivity contribution in [2.45, 2.75) is 155 Å². The minimum Gasteiger partial charge on any atom is -0.544 e. The first kappa shape index (κ1) is 53.7. The summed E-state index contributed by atoms with van der Waals surface area (Å²) in [5, 5.41) is 157. The van der Waals surface area contributed by atoms with Crippen LogP contribution in [0, 0.1) is 0 Å². The maximum absolute atomic E-state index is 12.6. The Hall–Kier alpha value is -2.96. The van der Waals surface area contributed by atoms with Crippen molar-refractivity contribution in [1.29, 1.82) is 0 Å². The van der Waals surface area contributed by atoms with E-state index in [9.17, 15) is 90.7 Å². The summed E-state index contributed by atoms with van der Waals surface area (Å²) >= 11 is 0. The summed E-state index contributed by atoms with van der Waals surface area (Å²) in [5.41, 5.74) is 0. The molecule has 0 unspecified atom stereocenters. The number of aliphatic hydroxyl groups excluding tert-OH is 13. The summed E-state index contributed by atoms with van der Waals surface area (Å²) in [6.07, 6.45) is -35.7. The molecule has 0 spiro atoms. The highest BCUT2D eigenvalue weighted by Gasteiger charge is 2.56. The number of carbonyl (C=O) groups is 4. The van der Waals surface area contributed by atoms with Gasteiger partial charge in [-0.25, -0.2) is 0 Å². The van der Waals surface area contributed by atoms with Crippen LogP contribution in [0.25, 0.3) is 0 Å². The van der Waals surface area contributed by atoms with Crippen molar-refractivity contribution < 1.29 is 129 Å². The number of aliphatic hydroxyl groups is 13. The Kier molecular flexibility index (Phi) is 19.8. The van der Waals surface area contributed by atoms with Crippen LogP contribution in [0.15, 0.2) is 0 Å². The molecular weight excluding hydrogens is 878 g/mol. The van der Waals surface area contributed by atoms with Gasteiger partial charge in [-0.2, -0.15) is 0 Å². The average molecular weight is 937 g/mol. The highest BCUT2D eigenvalue weighted by Crippen LogP contribution is 2.36. The van der Waals surface area contributed by atoms with Crippen LogP contribution >= 0.6 is 0 Å². The van der Waals surface area contributed by atoms with E-state index in [1.165, 1.54) is 0 Å². The van der Waals surface area contributed by atoms with Gasteiger partial charge in [0.25, 0.3) is 0 Å². The maximum atomic E-state index is 12.6. The number of hydrogen-bond acceptors (Lipinski definition) is 26. The molecule has 4 saturated heterocycles. The molecule has 4 fully saturated rings. The Morgan fingerprint density at radius 1 is 0.734 bits per heavy atom. The second kappa shape index (κ2) is 23.7. The van der Waals surface area contributed by atoms with Gasteiger partial charge in [-0.1, -0.05) is 0 Å². The zero-order valence-corrected chi connectivity index (χ0v) is 34.3. The van der Waals surface area contributed by atoms with Crippen molar-refractivity contribution in [3.63, 3.8) is 0 Å². The Balaban J connectivity index is 1.57. The van der Waals surface area contributed by atoms with Gasteiger partial charge >= 0.3 is 0 Å². The van der Waals surface area contributed by atoms with Gasteiger partial charge in [-0.15, -0.1) is 0 Å². The van der Waals surface area contributed by atoms with Gasteiger partial charge in [-0.05, 0) is 0 Å². The molecule has 4 aliphatic rings. The lowest BCUT2D eigenvalue weighted by atomic mass is 9.88. The van der Waals surface area contributed by atoms with Gasteiger partial charge in [0.1, 0.15) is 97.5 Å². The predicted molar refractivity (Wildman–Crippen MR) is 195 cm³/mol. The summed E-state index contributed by atoms with van der Waals surface area (Å²) in [6.45, 7) is -3.12. The van der Waals surface area contributed by atoms with E-state index < -0.39 is 198 Å². The molecule has 370 valence electrons. The van der Waals surface area contributed by atoms with Crippen LogP contribution in [0.5, 0.6) is 0 Å². The fourth-order valence-electron chi connectivity index (χ4n) is 7.51. The van der Waals surface area contributed by atoms with Crippen molar-refractivity contribution >= 4 is 24.2 Å². The molecule has 64 heavy (non-hydrogen) atoms. The first-order chi connectivity index (χ1) is 30.2. The molecule has 0 aromatic heterocycles. The van der Waals surface area contributed by atoms with E-state index in [0.717, 1.165) is 13.8 Å². The highest BCUT2D eigenvalue weighted by atomic mass is 16.8. The molecule has 0 aromatic rings. The molecule has 29 nitrogen and oxygen atoms in total. The first-order valence-electron chi connectivity index (χ1n) is 19.9. The summed E-state index contributed by atoms with van der Waals surface area (Å²) < 4.78 is 44.8. The fraction of sp³-hybridized carbons (Fsp3) is 0.886. The van der Waals surface area contributed by atoms with Crippen LogP contribution in [0.1, 0.15) is 20.3 Å². The van der Waals surface area contributed by atoms with E-state index in [1.54, 1.807) is 0 Å². The Morgan fingerprint density at radius 2 is 1.33 bits per heavy atom. The van der Waals surface area contributed by atoms with Crippen LogP contribution in [0.3, 0.4) is 0 Å². The molecule has 16 N–H and O–H groups in total. The van der Waals surface area contributed by atoms with Gasteiger partial charge in [-0.3, -0.25) is 14.4 Å². The molecule has 0 saturated carbocycles. The lowest BCUT2D eigenvalue weighted by Gasteiger charge is -2.50. The largest absolute Gasteiger partial charge is 0.544 e. The summed E-state index contributed by atoms with van der Waals surface area (Å²) in [7, 11) is 0. The van der Waals surface area contributed by atoms with Gasteiger partial charge in [0.2, 0.25) is 24.0 Å². The number of rotatable bonds is 21. The van der Waals surface area contributed by atoms with Crippen LogP contribution in [-0.4, -0.2) is 265 Å². The van der Waals surface area contributed by atoms with Crippen molar-refractivity contribution in [3.05, 3.63) is 0 Å². The molecule has 0 bridgehead atoms. The zero-order valence-electron chi connectivity index (χ0n) is 34.3. The molecule has 29 heteroatoms. The average Bonchev–Trinajstić information content (AvgIpc) is 3.25. The van der Waals surface area contributed by atoms with Crippen LogP contribution in [0.4, 0.5) is 0 Å². The number of carboxylic acid groups (broad SMARTS) is 1. The van der Waals surface area contributed by atoms with E-state index in [1.807, 2.05) is 0 Å². The van der Waals surface area contributed by atoms with Crippen LogP contribution in [0.2, 0.25) is 0 Å². The monoisotopic (exact) mass is 936 g/mol. The van der Waals surface area contributed by atoms with E-state index in [2.05, 4.69) is 16.0 Å². The molecule has 4 rings (SSSR count). The SMILES string of the molecule is CC(=O)N[C@H]1[C@H](O[C@H]2[C@@H](O)[C@@H](CO)O[C@@H](O[C@H]3[C@H](O)[C@@H](O)[C@H](OC[C@@H](CO)NC=O)O[C@@H]3CO)[C@@H]2O)O[C@H](CO[C@]2(C(=O)[O-])C[C@H](O)[C@@H](NC(C)=O)[C@H]([C@H](O)[C@H](O)CO)O2)[C@@H](O)[C@@H]1O. The van der Waals surface area contributed by atoms with Crippen molar-refractivity contribution in [2.24, 2.45) is 0 Å². The Morgan fingerprint density at radius 3 is 1.89 bits per heavy atom. The number of carboxylic acids is 1. The van der Waals surface area contributed by atoms with E-state index in [-0.39, 0.29) is 6.41 Å². The summed E-state index contributed by atoms with van der Waals surface area (Å²) in [6, 6.07) is -4.30. The van der Waals surface area contributed by atoms with E-state index in [0.29, 0.717) is 0 Å². The smallest absolute Gasteiger partial charge is 0.217 e. The van der Waals surface area contributed by atoms with E-state index in [4.69, 9.17) is 37.9 Å². The minimum atomic E-state index is -3.06. The van der Waals surface area contributed by atoms with Crippen molar-refractivity contribution in [3.8, 4) is 0 Å². The quantitative estimate of drug-likeness (QED) is 0.0475. The first-order valence-corrected chi connectivity index (χ1v) is 19.9. The molecular formula is C35H58N3O26-. The number of carbonyl (C=O) groups excluding carboxylic acids is 4. The lowest BCUT2D eigenvalue weighted by molar-refractivity contribution is -0.391. The number of hydrogen-bond donors (Lipinski definition) is 16. The highest BCUT2D eigenvalue weighted by molar-refractivity contribution is 5.75. The number of amides is 3. The number of ether oxygens (including phenoxy) is 8. The van der Waals surface area contributed by atoms with Gasteiger partial charge in [0.05, 0.1) is 57.8 Å². The second-order valence-corrected chi connectivity index (χ2v) is 15.5. The Bertz CT molecular complexity index is 1520. The van der Waals surface area contributed by atoms with Crippen molar-refractivity contribution in [2.75, 3.05) is 39.6 Å². The molecule has 0 radical (unpaired) electrons. The maximum Gasteiger partial charge on any atom is 0.217 e. The Labute approximate surface area is 362 Å². The van der Waals surface area contributed by atoms with E-state index >= 15 is 0 Å². The molecule has 0 aliphatic carbocycles. The third-order valence-electron chi connectivity index (χ3n) is 10.9. The second-order valence-electron chi connectivity index (χ2n) is 15.5. The van der Waals surface area contributed by atoms with Crippen LogP contribution in [-0.2, 0) is 57.1 Å².